The molecule has 180 valence electrons. The van der Waals surface area contributed by atoms with E-state index in [2.05, 4.69) is 27.3 Å². The number of nitrogens with one attached hydrogen (secondary N) is 1. The summed E-state index contributed by atoms with van der Waals surface area (Å²) in [4.78, 5) is 18.9. The Kier molecular flexibility index (Phi) is 6.29. The topological polar surface area (TPSA) is 94.9 Å². The maximum absolute atomic E-state index is 13.6. The molecule has 0 bridgehead atoms. The second-order valence-corrected chi connectivity index (χ2v) is 9.78. The van der Waals surface area contributed by atoms with Gasteiger partial charge in [-0.15, -0.1) is 10.2 Å². The lowest BCUT2D eigenvalue weighted by molar-refractivity contribution is 0.0712. The molecule has 7 nitrogen and oxygen atoms in total. The highest BCUT2D eigenvalue weighted by molar-refractivity contribution is 5.97. The number of nitriles is 1. The summed E-state index contributed by atoms with van der Waals surface area (Å²) >= 11 is 0. The number of likely N-dealkylation sites (tertiary alicyclic amines) is 1. The molecule has 35 heavy (non-hydrogen) atoms. The van der Waals surface area contributed by atoms with Crippen LogP contribution in [0.1, 0.15) is 82.4 Å². The Bertz CT molecular complexity index is 1290. The minimum atomic E-state index is 0.0744. The van der Waals surface area contributed by atoms with Crippen molar-refractivity contribution >= 4 is 5.91 Å². The Balaban J connectivity index is 1.37. The largest absolute Gasteiger partial charge is 0.496 e. The lowest BCUT2D eigenvalue weighted by Crippen LogP contribution is -2.38. The van der Waals surface area contributed by atoms with E-state index in [0.717, 1.165) is 52.5 Å². The minimum Gasteiger partial charge on any atom is -0.496 e. The summed E-state index contributed by atoms with van der Waals surface area (Å²) in [5.74, 6) is 3.17. The number of nitrogens with zero attached hydrogens (tertiary/aromatic N) is 4. The molecule has 1 aliphatic heterocycles. The van der Waals surface area contributed by atoms with Crippen LogP contribution in [0.3, 0.4) is 0 Å². The van der Waals surface area contributed by atoms with Gasteiger partial charge in [0.25, 0.3) is 5.91 Å². The fourth-order valence-electron chi connectivity index (χ4n) is 5.37. The monoisotopic (exact) mass is 469 g/mol. The number of hydrogen-bond donors (Lipinski definition) is 1. The van der Waals surface area contributed by atoms with Crippen LogP contribution in [0.2, 0.25) is 0 Å². The number of carbonyl (C=O) groups is 1. The second-order valence-electron chi connectivity index (χ2n) is 9.78. The van der Waals surface area contributed by atoms with Crippen LogP contribution in [0.5, 0.6) is 5.75 Å². The third-order valence-corrected chi connectivity index (χ3v) is 7.61. The number of aromatic nitrogens is 3. The summed E-state index contributed by atoms with van der Waals surface area (Å²) in [6.45, 7) is 5.31. The van der Waals surface area contributed by atoms with E-state index >= 15 is 0 Å². The van der Waals surface area contributed by atoms with E-state index in [1.807, 2.05) is 36.9 Å². The van der Waals surface area contributed by atoms with Gasteiger partial charge in [-0.1, -0.05) is 18.6 Å². The van der Waals surface area contributed by atoms with Crippen LogP contribution in [0.4, 0.5) is 0 Å². The maximum Gasteiger partial charge on any atom is 0.254 e. The van der Waals surface area contributed by atoms with Crippen molar-refractivity contribution in [1.82, 2.24) is 20.1 Å². The van der Waals surface area contributed by atoms with Gasteiger partial charge in [0.15, 0.2) is 5.82 Å². The highest BCUT2D eigenvalue weighted by atomic mass is 16.5. The summed E-state index contributed by atoms with van der Waals surface area (Å²) in [7, 11) is 1.64. The summed E-state index contributed by atoms with van der Waals surface area (Å²) in [5, 5.41) is 17.7. The van der Waals surface area contributed by atoms with E-state index < -0.39 is 0 Å². The van der Waals surface area contributed by atoms with Gasteiger partial charge < -0.3 is 14.6 Å². The first-order valence-electron chi connectivity index (χ1n) is 12.4. The van der Waals surface area contributed by atoms with Crippen LogP contribution < -0.4 is 4.74 Å². The maximum atomic E-state index is 13.6. The molecule has 3 aromatic rings. The van der Waals surface area contributed by atoms with Gasteiger partial charge >= 0.3 is 0 Å². The Morgan fingerprint density at radius 1 is 1.06 bits per heavy atom. The predicted octanol–water partition coefficient (Wildman–Crippen LogP) is 5.26. The average molecular weight is 470 g/mol. The molecule has 0 unspecified atom stereocenters. The fraction of sp³-hybridized carbons (Fsp3) is 0.429. The molecule has 1 saturated heterocycles. The van der Waals surface area contributed by atoms with E-state index in [-0.39, 0.29) is 5.91 Å². The van der Waals surface area contributed by atoms with E-state index in [9.17, 15) is 10.1 Å². The number of H-pyrrole nitrogens is 1. The van der Waals surface area contributed by atoms with Gasteiger partial charge in [0.05, 0.1) is 18.7 Å². The van der Waals surface area contributed by atoms with Gasteiger partial charge in [-0.3, -0.25) is 4.79 Å². The van der Waals surface area contributed by atoms with Crippen LogP contribution >= 0.6 is 0 Å². The van der Waals surface area contributed by atoms with E-state index in [4.69, 9.17) is 4.74 Å². The van der Waals surface area contributed by atoms with Gasteiger partial charge in [-0.25, -0.2) is 0 Å². The van der Waals surface area contributed by atoms with Gasteiger partial charge in [-0.05, 0) is 86.3 Å². The van der Waals surface area contributed by atoms with Crippen molar-refractivity contribution in [2.45, 2.75) is 57.8 Å². The second kappa shape index (κ2) is 9.53. The molecule has 0 radical (unpaired) electrons. The van der Waals surface area contributed by atoms with Gasteiger partial charge in [0, 0.05) is 24.2 Å². The van der Waals surface area contributed by atoms with Crippen molar-refractivity contribution in [2.24, 2.45) is 0 Å². The molecule has 2 aliphatic rings. The van der Waals surface area contributed by atoms with Crippen molar-refractivity contribution in [1.29, 1.82) is 5.26 Å². The summed E-state index contributed by atoms with van der Waals surface area (Å²) < 4.78 is 5.56. The molecule has 1 amide bonds. The first-order chi connectivity index (χ1) is 17.0. The highest BCUT2D eigenvalue weighted by Gasteiger charge is 2.30. The van der Waals surface area contributed by atoms with Crippen LogP contribution in [0.15, 0.2) is 30.3 Å². The number of aryl methyl sites for hydroxylation is 2. The number of piperidine rings is 1. The lowest BCUT2D eigenvalue weighted by atomic mass is 9.77. The Morgan fingerprint density at radius 3 is 2.40 bits per heavy atom. The Morgan fingerprint density at radius 2 is 1.80 bits per heavy atom. The number of carbonyl (C=O) groups excluding carboxylic acids is 1. The molecule has 1 aromatic heterocycles. The third-order valence-electron chi connectivity index (χ3n) is 7.61. The quantitative estimate of drug-likeness (QED) is 0.550. The SMILES string of the molecule is COc1cc(C#N)ccc1C1CCN(C(=O)c2cc(-c3nnc(C)[nH]3)c(C3CCC3)cc2C)CC1. The summed E-state index contributed by atoms with van der Waals surface area (Å²) in [6, 6.07) is 12.0. The number of ether oxygens (including phenoxy) is 1. The van der Waals surface area contributed by atoms with E-state index in [1.165, 1.54) is 24.8 Å². The normalized spacial score (nSPS) is 16.6. The molecule has 1 N–H and O–H groups in total. The zero-order chi connectivity index (χ0) is 24.5. The van der Waals surface area contributed by atoms with Crippen LogP contribution in [-0.4, -0.2) is 46.2 Å². The lowest BCUT2D eigenvalue weighted by Gasteiger charge is -2.33. The molecule has 7 heteroatoms. The number of benzene rings is 2. The number of amides is 1. The molecule has 5 rings (SSSR count). The summed E-state index contributed by atoms with van der Waals surface area (Å²) in [5.41, 5.74) is 5.74. The number of aromatic amines is 1. The number of rotatable bonds is 5. The predicted molar refractivity (Wildman–Crippen MR) is 133 cm³/mol. The van der Waals surface area contributed by atoms with Crippen LogP contribution in [0.25, 0.3) is 11.4 Å². The molecular weight excluding hydrogens is 438 g/mol. The number of hydrogen-bond acceptors (Lipinski definition) is 5. The molecule has 1 saturated carbocycles. The molecule has 2 heterocycles. The van der Waals surface area contributed by atoms with Gasteiger partial charge in [0.1, 0.15) is 11.6 Å². The number of methoxy groups -OCH3 is 1. The van der Waals surface area contributed by atoms with Crippen molar-refractivity contribution in [3.63, 3.8) is 0 Å². The molecule has 2 aromatic carbocycles. The first-order valence-corrected chi connectivity index (χ1v) is 12.4. The van der Waals surface area contributed by atoms with E-state index in [1.54, 1.807) is 13.2 Å². The summed E-state index contributed by atoms with van der Waals surface area (Å²) in [6.07, 6.45) is 5.33. The van der Waals surface area contributed by atoms with Crippen LogP contribution in [-0.2, 0) is 0 Å². The van der Waals surface area contributed by atoms with Crippen molar-refractivity contribution in [3.05, 3.63) is 64.0 Å². The fourth-order valence-corrected chi connectivity index (χ4v) is 5.37. The molecule has 2 fully saturated rings. The Hall–Kier alpha value is -3.66. The Labute approximate surface area is 206 Å². The average Bonchev–Trinajstić information content (AvgIpc) is 3.28. The molecular formula is C28H31N5O2. The van der Waals surface area contributed by atoms with Crippen molar-refractivity contribution < 1.29 is 9.53 Å². The zero-order valence-corrected chi connectivity index (χ0v) is 20.6. The molecule has 1 aliphatic carbocycles. The highest BCUT2D eigenvalue weighted by Crippen LogP contribution is 2.42. The zero-order valence-electron chi connectivity index (χ0n) is 20.6. The van der Waals surface area contributed by atoms with Gasteiger partial charge in [-0.2, -0.15) is 5.26 Å². The first kappa shape index (κ1) is 23.1. The van der Waals surface area contributed by atoms with Crippen molar-refractivity contribution in [3.8, 4) is 23.2 Å². The van der Waals surface area contributed by atoms with Crippen LogP contribution in [0, 0.1) is 25.2 Å². The van der Waals surface area contributed by atoms with Gasteiger partial charge in [0.2, 0.25) is 0 Å². The smallest absolute Gasteiger partial charge is 0.254 e. The molecule has 0 atom stereocenters. The van der Waals surface area contributed by atoms with Crippen molar-refractivity contribution in [2.75, 3.05) is 20.2 Å². The minimum absolute atomic E-state index is 0.0744. The third kappa shape index (κ3) is 4.41. The molecule has 0 spiro atoms. The standard InChI is InChI=1S/C28H31N5O2/c1-17-13-24(20-5-4-6-20)25(27-30-18(2)31-32-27)15-23(17)28(34)33-11-9-21(10-12-33)22-8-7-19(16-29)14-26(22)35-3/h7-8,13-15,20-21H,4-6,9-12H2,1-3H3,(H,30,31,32). The van der Waals surface area contributed by atoms with E-state index in [0.29, 0.717) is 30.5 Å².